The Balaban J connectivity index is 1.89. The molecule has 12 heteroatoms. The summed E-state index contributed by atoms with van der Waals surface area (Å²) in [5.41, 5.74) is 3.06. The zero-order chi connectivity index (χ0) is 20.7. The van der Waals surface area contributed by atoms with Crippen molar-refractivity contribution in [3.63, 3.8) is 0 Å². The molecule has 2 aromatic rings. The third kappa shape index (κ3) is 3.58. The molecule has 3 rings (SSSR count). The Labute approximate surface area is 161 Å². The van der Waals surface area contributed by atoms with Crippen LogP contribution in [-0.4, -0.2) is 28.3 Å². The zero-order valence-electron chi connectivity index (χ0n) is 14.4. The molecule has 0 saturated carbocycles. The zero-order valence-corrected chi connectivity index (χ0v) is 15.2. The quantitative estimate of drug-likeness (QED) is 0.715. The van der Waals surface area contributed by atoms with Gasteiger partial charge in [-0.05, 0) is 25.1 Å². The molecule has 0 bridgehead atoms. The van der Waals surface area contributed by atoms with Crippen LogP contribution in [0.5, 0.6) is 0 Å². The summed E-state index contributed by atoms with van der Waals surface area (Å²) >= 11 is 5.85. The highest BCUT2D eigenvalue weighted by Crippen LogP contribution is 2.44. The molecule has 1 aliphatic heterocycles. The van der Waals surface area contributed by atoms with Gasteiger partial charge >= 0.3 is 12.5 Å². The Morgan fingerprint density at radius 3 is 2.75 bits per heavy atom. The fourth-order valence-electron chi connectivity index (χ4n) is 2.72. The number of nitrogens with one attached hydrogen (secondary N) is 1. The minimum Gasteiger partial charge on any atom is -0.459 e. The summed E-state index contributed by atoms with van der Waals surface area (Å²) in [4.78, 5) is 3.63. The molecule has 0 saturated heterocycles. The molecule has 2 heterocycles. The van der Waals surface area contributed by atoms with E-state index in [1.54, 1.807) is 0 Å². The number of ether oxygens (including phenoxy) is 1. The molecule has 1 aromatic carbocycles. The fourth-order valence-corrected chi connectivity index (χ4v) is 2.92. The molecule has 1 aliphatic rings. The van der Waals surface area contributed by atoms with Crippen LogP contribution < -0.4 is 11.1 Å². The predicted molar refractivity (Wildman–Crippen MR) is 92.1 cm³/mol. The van der Waals surface area contributed by atoms with Crippen LogP contribution in [0.2, 0.25) is 5.02 Å². The van der Waals surface area contributed by atoms with Crippen molar-refractivity contribution < 1.29 is 26.7 Å². The Kier molecular flexibility index (Phi) is 5.13. The average molecular weight is 424 g/mol. The molecular weight excluding hydrogens is 409 g/mol. The fraction of sp³-hybridized carbons (Fsp3) is 0.375. The third-order valence-corrected chi connectivity index (χ3v) is 4.67. The first-order valence-electron chi connectivity index (χ1n) is 7.95. The molecule has 1 atom stereocenters. The van der Waals surface area contributed by atoms with Crippen LogP contribution in [0.25, 0.3) is 0 Å². The van der Waals surface area contributed by atoms with Gasteiger partial charge in [0.05, 0.1) is 11.6 Å². The van der Waals surface area contributed by atoms with Gasteiger partial charge in [0.2, 0.25) is 0 Å². The number of hydrogen-bond acceptors (Lipinski definition) is 5. The van der Waals surface area contributed by atoms with Gasteiger partial charge in [-0.15, -0.1) is 0 Å². The molecule has 0 spiro atoms. The number of anilines is 1. The second-order valence-electron chi connectivity index (χ2n) is 6.24. The number of aliphatic imine (C=N–C) groups is 1. The van der Waals surface area contributed by atoms with E-state index in [9.17, 15) is 22.0 Å². The highest BCUT2D eigenvalue weighted by molar-refractivity contribution is 6.31. The summed E-state index contributed by atoms with van der Waals surface area (Å²) in [6.45, 7) is -2.95. The van der Waals surface area contributed by atoms with Gasteiger partial charge < -0.3 is 15.8 Å². The number of amidine groups is 1. The van der Waals surface area contributed by atoms with Crippen LogP contribution >= 0.6 is 11.6 Å². The van der Waals surface area contributed by atoms with Crippen LogP contribution in [-0.2, 0) is 16.8 Å². The first kappa shape index (κ1) is 20.2. The van der Waals surface area contributed by atoms with Crippen LogP contribution in [0.3, 0.4) is 0 Å². The molecule has 28 heavy (non-hydrogen) atoms. The SMILES string of the molecule is C[C@]1(c2cc(NCc3nn(C(F)F)cc3Cl)ccc2F)N=C(N)OCC1(F)F. The maximum absolute atomic E-state index is 14.4. The first-order chi connectivity index (χ1) is 13.0. The van der Waals surface area contributed by atoms with E-state index in [2.05, 4.69) is 20.1 Å². The van der Waals surface area contributed by atoms with Gasteiger partial charge in [0.25, 0.3) is 6.02 Å². The van der Waals surface area contributed by atoms with E-state index in [-0.39, 0.29) is 22.9 Å². The van der Waals surface area contributed by atoms with E-state index in [0.717, 1.165) is 25.3 Å². The minimum atomic E-state index is -3.52. The minimum absolute atomic E-state index is 0.00423. The van der Waals surface area contributed by atoms with Gasteiger partial charge in [0.15, 0.2) is 12.1 Å². The Hall–Kier alpha value is -2.56. The largest absolute Gasteiger partial charge is 0.459 e. The molecule has 3 N–H and O–H groups in total. The van der Waals surface area contributed by atoms with Crippen LogP contribution in [0.15, 0.2) is 29.4 Å². The lowest BCUT2D eigenvalue weighted by molar-refractivity contribution is -0.117. The predicted octanol–water partition coefficient (Wildman–Crippen LogP) is 3.88. The molecule has 1 aromatic heterocycles. The normalized spacial score (nSPS) is 21.4. The topological polar surface area (TPSA) is 77.5 Å². The van der Waals surface area contributed by atoms with E-state index < -0.39 is 42.0 Å². The van der Waals surface area contributed by atoms with Crippen molar-refractivity contribution in [1.29, 1.82) is 0 Å². The molecule has 6 nitrogen and oxygen atoms in total. The monoisotopic (exact) mass is 423 g/mol. The van der Waals surface area contributed by atoms with Gasteiger partial charge in [0.1, 0.15) is 11.5 Å². The van der Waals surface area contributed by atoms with Crippen molar-refractivity contribution in [3.05, 3.63) is 46.5 Å². The Bertz CT molecular complexity index is 919. The number of nitrogens with zero attached hydrogens (tertiary/aromatic N) is 3. The number of halogens is 6. The summed E-state index contributed by atoms with van der Waals surface area (Å²) in [7, 11) is 0. The lowest BCUT2D eigenvalue weighted by Gasteiger charge is -2.37. The first-order valence-corrected chi connectivity index (χ1v) is 8.33. The van der Waals surface area contributed by atoms with Crippen molar-refractivity contribution in [1.82, 2.24) is 9.78 Å². The summed E-state index contributed by atoms with van der Waals surface area (Å²) in [5.74, 6) is -4.43. The lowest BCUT2D eigenvalue weighted by atomic mass is 9.85. The summed E-state index contributed by atoms with van der Waals surface area (Å²) in [6, 6.07) is 2.95. The summed E-state index contributed by atoms with van der Waals surface area (Å²) in [5, 5.41) is 6.41. The number of hydrogen-bond donors (Lipinski definition) is 2. The highest BCUT2D eigenvalue weighted by atomic mass is 35.5. The molecular formula is C16H15ClF5N5O. The van der Waals surface area contributed by atoms with E-state index >= 15 is 0 Å². The Morgan fingerprint density at radius 1 is 1.39 bits per heavy atom. The van der Waals surface area contributed by atoms with Gasteiger partial charge in [-0.25, -0.2) is 14.1 Å². The maximum Gasteiger partial charge on any atom is 0.333 e. The van der Waals surface area contributed by atoms with Crippen molar-refractivity contribution in [2.45, 2.75) is 31.5 Å². The van der Waals surface area contributed by atoms with Crippen LogP contribution in [0.4, 0.5) is 27.6 Å². The van der Waals surface area contributed by atoms with Crippen molar-refractivity contribution in [2.75, 3.05) is 11.9 Å². The second-order valence-corrected chi connectivity index (χ2v) is 6.65. The molecule has 152 valence electrons. The number of alkyl halides is 4. The van der Waals surface area contributed by atoms with Crippen molar-refractivity contribution >= 4 is 23.3 Å². The summed E-state index contributed by atoms with van der Waals surface area (Å²) < 4.78 is 73.5. The van der Waals surface area contributed by atoms with Crippen molar-refractivity contribution in [3.8, 4) is 0 Å². The number of aromatic nitrogens is 2. The molecule has 0 aliphatic carbocycles. The van der Waals surface area contributed by atoms with Gasteiger partial charge in [-0.1, -0.05) is 11.6 Å². The molecule has 0 radical (unpaired) electrons. The van der Waals surface area contributed by atoms with Crippen LogP contribution in [0.1, 0.15) is 24.7 Å². The van der Waals surface area contributed by atoms with E-state index in [1.807, 2.05) is 0 Å². The van der Waals surface area contributed by atoms with Gasteiger partial charge in [-0.2, -0.15) is 22.7 Å². The second kappa shape index (κ2) is 7.12. The number of nitrogens with two attached hydrogens (primary N) is 1. The summed E-state index contributed by atoms with van der Waals surface area (Å²) in [6.07, 6.45) is 0.959. The molecule has 0 unspecified atom stereocenters. The van der Waals surface area contributed by atoms with Crippen LogP contribution in [0, 0.1) is 5.82 Å². The van der Waals surface area contributed by atoms with E-state index in [0.29, 0.717) is 4.68 Å². The smallest absolute Gasteiger partial charge is 0.333 e. The number of rotatable bonds is 5. The maximum atomic E-state index is 14.4. The van der Waals surface area contributed by atoms with Gasteiger partial charge in [0, 0.05) is 17.4 Å². The van der Waals surface area contributed by atoms with E-state index in [1.165, 1.54) is 6.07 Å². The highest BCUT2D eigenvalue weighted by Gasteiger charge is 2.56. The average Bonchev–Trinajstić information content (AvgIpc) is 2.99. The van der Waals surface area contributed by atoms with Crippen molar-refractivity contribution in [2.24, 2.45) is 10.7 Å². The number of benzene rings is 1. The molecule has 0 amide bonds. The standard InChI is InChI=1S/C16H15ClF5N5O/c1-15(16(21,22)7-28-14(23)25-15)9-4-8(2-3-11(9)18)24-5-12-10(17)6-27(26-12)13(19)20/h2-4,6,13,24H,5,7H2,1H3,(H2,23,25)/t15-/m1/s1. The van der Waals surface area contributed by atoms with Gasteiger partial charge in [-0.3, -0.25) is 0 Å². The third-order valence-electron chi connectivity index (χ3n) is 4.36. The van der Waals surface area contributed by atoms with E-state index in [4.69, 9.17) is 17.3 Å². The Morgan fingerprint density at radius 2 is 2.11 bits per heavy atom. The molecule has 0 fully saturated rings. The lowest BCUT2D eigenvalue weighted by Crippen LogP contribution is -2.51.